The number of amides is 1. The number of hydrogen-bond acceptors (Lipinski definition) is 6. The third-order valence-electron chi connectivity index (χ3n) is 6.48. The van der Waals surface area contributed by atoms with E-state index in [1.54, 1.807) is 6.20 Å². The molecule has 178 valence electrons. The van der Waals surface area contributed by atoms with Gasteiger partial charge >= 0.3 is 0 Å². The Morgan fingerprint density at radius 1 is 1.18 bits per heavy atom. The molecule has 0 unspecified atom stereocenters. The Morgan fingerprint density at radius 3 is 2.70 bits per heavy atom. The summed E-state index contributed by atoms with van der Waals surface area (Å²) in [6, 6.07) is 8.46. The Kier molecular flexibility index (Phi) is 7.86. The van der Waals surface area contributed by atoms with E-state index < -0.39 is 0 Å². The molecule has 1 aromatic carbocycles. The highest BCUT2D eigenvalue weighted by Crippen LogP contribution is 2.27. The van der Waals surface area contributed by atoms with Crippen LogP contribution in [0.2, 0.25) is 0 Å². The number of anilines is 3. The molecule has 7 nitrogen and oxygen atoms in total. The van der Waals surface area contributed by atoms with E-state index in [1.165, 1.54) is 37.9 Å². The third-order valence-corrected chi connectivity index (χ3v) is 7.06. The van der Waals surface area contributed by atoms with E-state index in [2.05, 4.69) is 78.8 Å². The maximum Gasteiger partial charge on any atom is 0.229 e. The van der Waals surface area contributed by atoms with Crippen molar-refractivity contribution in [3.8, 4) is 0 Å². The number of carbonyl (C=O) groups is 1. The van der Waals surface area contributed by atoms with Crippen molar-refractivity contribution in [2.45, 2.75) is 52.5 Å². The summed E-state index contributed by atoms with van der Waals surface area (Å²) < 4.78 is 0.810. The van der Waals surface area contributed by atoms with Crippen molar-refractivity contribution in [1.29, 1.82) is 0 Å². The number of likely N-dealkylation sites (tertiary alicyclic amines) is 1. The standard InChI is InChI=1S/C25H35BrN6O/c1-25(2,17-29-23(33)19-8-6-9-19)16-28-22-21(26)14-27-24(31-22)30-20-10-5-7-18(13-20)15-32-11-3-4-12-32/h5,7,10,13-14,19H,3-4,6,8-9,11-12,15-17H2,1-2H3,(H,29,33)(H2,27,28,30,31). The predicted molar refractivity (Wildman–Crippen MR) is 137 cm³/mol. The van der Waals surface area contributed by atoms with Gasteiger partial charge in [0.1, 0.15) is 5.82 Å². The van der Waals surface area contributed by atoms with Gasteiger partial charge in [0.25, 0.3) is 0 Å². The molecule has 8 heteroatoms. The van der Waals surface area contributed by atoms with E-state index in [4.69, 9.17) is 0 Å². The van der Waals surface area contributed by atoms with Gasteiger partial charge in [0.2, 0.25) is 11.9 Å². The minimum absolute atomic E-state index is 0.110. The van der Waals surface area contributed by atoms with Crippen molar-refractivity contribution in [3.05, 3.63) is 40.5 Å². The number of hydrogen-bond donors (Lipinski definition) is 3. The highest BCUT2D eigenvalue weighted by atomic mass is 79.9. The zero-order valence-corrected chi connectivity index (χ0v) is 21.2. The fourth-order valence-corrected chi connectivity index (χ4v) is 4.48. The highest BCUT2D eigenvalue weighted by Gasteiger charge is 2.27. The molecule has 1 aliphatic carbocycles. The smallest absolute Gasteiger partial charge is 0.229 e. The first-order chi connectivity index (χ1) is 15.9. The lowest BCUT2D eigenvalue weighted by Gasteiger charge is -2.29. The number of benzene rings is 1. The van der Waals surface area contributed by atoms with E-state index in [-0.39, 0.29) is 17.2 Å². The molecule has 2 fully saturated rings. The second-order valence-corrected chi connectivity index (χ2v) is 10.9. The van der Waals surface area contributed by atoms with E-state index in [1.807, 2.05) is 6.07 Å². The minimum Gasteiger partial charge on any atom is -0.368 e. The van der Waals surface area contributed by atoms with E-state index in [0.717, 1.165) is 35.4 Å². The third kappa shape index (κ3) is 6.90. The molecule has 1 aliphatic heterocycles. The molecule has 33 heavy (non-hydrogen) atoms. The maximum absolute atomic E-state index is 12.2. The van der Waals surface area contributed by atoms with Gasteiger partial charge in [-0.3, -0.25) is 9.69 Å². The Balaban J connectivity index is 1.33. The molecule has 1 saturated heterocycles. The van der Waals surface area contributed by atoms with Gasteiger partial charge in [-0.1, -0.05) is 32.4 Å². The summed E-state index contributed by atoms with van der Waals surface area (Å²) in [6.45, 7) is 8.94. The topological polar surface area (TPSA) is 82.2 Å². The monoisotopic (exact) mass is 514 g/mol. The average molecular weight is 516 g/mol. The molecule has 2 aliphatic rings. The Morgan fingerprint density at radius 2 is 1.97 bits per heavy atom. The lowest BCUT2D eigenvalue weighted by molar-refractivity contribution is -0.127. The Labute approximate surface area is 205 Å². The highest BCUT2D eigenvalue weighted by molar-refractivity contribution is 9.10. The van der Waals surface area contributed by atoms with Crippen molar-refractivity contribution < 1.29 is 4.79 Å². The number of halogens is 1. The second-order valence-electron chi connectivity index (χ2n) is 10.1. The molecule has 1 saturated carbocycles. The molecule has 0 radical (unpaired) electrons. The summed E-state index contributed by atoms with van der Waals surface area (Å²) in [6.07, 6.45) is 7.57. The van der Waals surface area contributed by atoms with Gasteiger partial charge in [-0.25, -0.2) is 4.98 Å². The van der Waals surface area contributed by atoms with Crippen LogP contribution in [0, 0.1) is 11.3 Å². The van der Waals surface area contributed by atoms with Crippen molar-refractivity contribution in [2.75, 3.05) is 36.8 Å². The average Bonchev–Trinajstić information content (AvgIpc) is 3.25. The summed E-state index contributed by atoms with van der Waals surface area (Å²) >= 11 is 3.55. The minimum atomic E-state index is -0.110. The molecule has 2 heterocycles. The fourth-order valence-electron chi connectivity index (χ4n) is 4.15. The van der Waals surface area contributed by atoms with Crippen molar-refractivity contribution in [1.82, 2.24) is 20.2 Å². The molecule has 2 aromatic rings. The van der Waals surface area contributed by atoms with Crippen LogP contribution in [0.15, 0.2) is 34.9 Å². The molecule has 0 atom stereocenters. The molecule has 4 rings (SSSR count). The Bertz CT molecular complexity index is 956. The summed E-state index contributed by atoms with van der Waals surface area (Å²) in [5.74, 6) is 1.69. The number of nitrogens with one attached hydrogen (secondary N) is 3. The molecular weight excluding hydrogens is 480 g/mol. The van der Waals surface area contributed by atoms with Gasteiger partial charge in [-0.2, -0.15) is 4.98 Å². The molecular formula is C25H35BrN6O. The maximum atomic E-state index is 12.2. The molecule has 3 N–H and O–H groups in total. The van der Waals surface area contributed by atoms with Gasteiger partial charge in [0.15, 0.2) is 0 Å². The summed E-state index contributed by atoms with van der Waals surface area (Å²) in [7, 11) is 0. The van der Waals surface area contributed by atoms with E-state index in [0.29, 0.717) is 19.0 Å². The van der Waals surface area contributed by atoms with Crippen LogP contribution in [0.1, 0.15) is 51.5 Å². The van der Waals surface area contributed by atoms with E-state index in [9.17, 15) is 4.79 Å². The summed E-state index contributed by atoms with van der Waals surface area (Å²) in [4.78, 5) is 23.8. The van der Waals surface area contributed by atoms with Crippen LogP contribution in [0.3, 0.4) is 0 Å². The van der Waals surface area contributed by atoms with Crippen LogP contribution in [0.5, 0.6) is 0 Å². The van der Waals surface area contributed by atoms with Crippen LogP contribution < -0.4 is 16.0 Å². The molecule has 0 bridgehead atoms. The lowest BCUT2D eigenvalue weighted by atomic mass is 9.84. The van der Waals surface area contributed by atoms with Crippen molar-refractivity contribution in [2.24, 2.45) is 11.3 Å². The van der Waals surface area contributed by atoms with Gasteiger partial charge in [-0.15, -0.1) is 0 Å². The largest absolute Gasteiger partial charge is 0.368 e. The molecule has 1 aromatic heterocycles. The zero-order valence-electron chi connectivity index (χ0n) is 19.7. The number of carbonyl (C=O) groups excluding carboxylic acids is 1. The van der Waals surface area contributed by atoms with Gasteiger partial charge < -0.3 is 16.0 Å². The van der Waals surface area contributed by atoms with Crippen LogP contribution in [0.4, 0.5) is 17.5 Å². The first kappa shape index (κ1) is 24.0. The SMILES string of the molecule is CC(C)(CNC(=O)C1CCC1)CNc1nc(Nc2cccc(CN3CCCC3)c2)ncc1Br. The first-order valence-electron chi connectivity index (χ1n) is 12.0. The van der Waals surface area contributed by atoms with Crippen LogP contribution in [-0.4, -0.2) is 47.0 Å². The summed E-state index contributed by atoms with van der Waals surface area (Å²) in [5, 5.41) is 9.88. The normalized spacial score (nSPS) is 16.9. The number of nitrogens with zero attached hydrogens (tertiary/aromatic N) is 3. The van der Waals surface area contributed by atoms with Crippen LogP contribution in [-0.2, 0) is 11.3 Å². The Hall–Kier alpha value is -2.19. The lowest BCUT2D eigenvalue weighted by Crippen LogP contribution is -2.42. The van der Waals surface area contributed by atoms with Crippen LogP contribution >= 0.6 is 15.9 Å². The number of aromatic nitrogens is 2. The zero-order chi connectivity index (χ0) is 23.3. The first-order valence-corrected chi connectivity index (χ1v) is 12.8. The number of rotatable bonds is 10. The van der Waals surface area contributed by atoms with Gasteiger partial charge in [-0.05, 0) is 77.8 Å². The quantitative estimate of drug-likeness (QED) is 0.416. The molecule has 0 spiro atoms. The van der Waals surface area contributed by atoms with Crippen LogP contribution in [0.25, 0.3) is 0 Å². The van der Waals surface area contributed by atoms with Gasteiger partial charge in [0.05, 0.1) is 4.47 Å². The van der Waals surface area contributed by atoms with Crippen molar-refractivity contribution in [3.63, 3.8) is 0 Å². The van der Waals surface area contributed by atoms with Crippen molar-refractivity contribution >= 4 is 39.3 Å². The summed E-state index contributed by atoms with van der Waals surface area (Å²) in [5.41, 5.74) is 2.17. The van der Waals surface area contributed by atoms with Gasteiger partial charge in [0, 0.05) is 37.4 Å². The second kappa shape index (κ2) is 10.8. The fraction of sp³-hybridized carbons (Fsp3) is 0.560. The molecule has 1 amide bonds. The predicted octanol–water partition coefficient (Wildman–Crippen LogP) is 4.93. The van der Waals surface area contributed by atoms with E-state index >= 15 is 0 Å².